The molecule has 1 N–H and O–H groups in total. The molecule has 2 aliphatic carbocycles. The van der Waals surface area contributed by atoms with Gasteiger partial charge in [0.15, 0.2) is 0 Å². The van der Waals surface area contributed by atoms with E-state index < -0.39 is 5.60 Å². The lowest BCUT2D eigenvalue weighted by atomic mass is 9.77. The zero-order valence-corrected chi connectivity index (χ0v) is 17.1. The summed E-state index contributed by atoms with van der Waals surface area (Å²) in [7, 11) is 0. The van der Waals surface area contributed by atoms with Crippen LogP contribution in [0, 0.1) is 5.92 Å². The van der Waals surface area contributed by atoms with E-state index in [2.05, 4.69) is 23.2 Å². The molecule has 1 heterocycles. The number of piperidine rings is 1. The number of ether oxygens (including phenoxy) is 1. The molecule has 0 aromatic carbocycles. The van der Waals surface area contributed by atoms with Crippen molar-refractivity contribution in [3.63, 3.8) is 0 Å². The van der Waals surface area contributed by atoms with E-state index in [1.165, 1.54) is 37.9 Å². The van der Waals surface area contributed by atoms with E-state index in [1.807, 2.05) is 20.8 Å². The average molecular weight is 361 g/mol. The van der Waals surface area contributed by atoms with Crippen LogP contribution in [0.25, 0.3) is 0 Å². The number of carbonyl (C=O) groups excluding carboxylic acids is 1. The molecule has 0 bridgehead atoms. The summed E-state index contributed by atoms with van der Waals surface area (Å²) in [6.07, 6.45) is 10.5. The molecular formula is C22H36N2O2. The standard InChI is InChI=1S/C22H36N2O2/c1-16-12-18-14-20(23-21(25)26-22(2,3)4)9-8-17(18)13-19(16)15-24-10-6-5-7-11-24/h13,16,20H,5-12,14-15H2,1-4H3,(H,23,25). The number of rotatable bonds is 3. The van der Waals surface area contributed by atoms with Gasteiger partial charge in [-0.3, -0.25) is 4.90 Å². The van der Waals surface area contributed by atoms with Crippen LogP contribution in [0.3, 0.4) is 0 Å². The molecule has 4 heteroatoms. The molecule has 3 rings (SSSR count). The molecule has 1 fully saturated rings. The van der Waals surface area contributed by atoms with Crippen LogP contribution in [0.5, 0.6) is 0 Å². The molecule has 4 nitrogen and oxygen atoms in total. The van der Waals surface area contributed by atoms with Gasteiger partial charge >= 0.3 is 6.09 Å². The fourth-order valence-electron chi connectivity index (χ4n) is 4.47. The van der Waals surface area contributed by atoms with Gasteiger partial charge in [-0.1, -0.05) is 30.6 Å². The van der Waals surface area contributed by atoms with E-state index >= 15 is 0 Å². The Bertz CT molecular complexity index is 579. The predicted molar refractivity (Wildman–Crippen MR) is 106 cm³/mol. The zero-order valence-electron chi connectivity index (χ0n) is 17.1. The quantitative estimate of drug-likeness (QED) is 0.785. The van der Waals surface area contributed by atoms with Gasteiger partial charge in [-0.2, -0.15) is 0 Å². The highest BCUT2D eigenvalue weighted by Gasteiger charge is 2.28. The molecule has 2 unspecified atom stereocenters. The number of alkyl carbamates (subject to hydrolysis) is 1. The van der Waals surface area contributed by atoms with Crippen LogP contribution < -0.4 is 5.32 Å². The summed E-state index contributed by atoms with van der Waals surface area (Å²) >= 11 is 0. The Morgan fingerprint density at radius 3 is 2.65 bits per heavy atom. The Kier molecular flexibility index (Phi) is 6.11. The number of carbonyl (C=O) groups is 1. The molecule has 2 atom stereocenters. The van der Waals surface area contributed by atoms with Crippen molar-refractivity contribution >= 4 is 6.09 Å². The van der Waals surface area contributed by atoms with Crippen molar-refractivity contribution in [3.8, 4) is 0 Å². The fourth-order valence-corrected chi connectivity index (χ4v) is 4.47. The number of likely N-dealkylation sites (tertiary alicyclic amines) is 1. The second-order valence-corrected chi connectivity index (χ2v) is 9.38. The highest BCUT2D eigenvalue weighted by Crippen LogP contribution is 2.38. The third-order valence-corrected chi connectivity index (χ3v) is 5.83. The minimum atomic E-state index is -0.436. The van der Waals surface area contributed by atoms with Crippen molar-refractivity contribution in [1.82, 2.24) is 10.2 Å². The smallest absolute Gasteiger partial charge is 0.407 e. The van der Waals surface area contributed by atoms with Gasteiger partial charge in [0, 0.05) is 12.6 Å². The first-order chi connectivity index (χ1) is 12.3. The normalized spacial score (nSPS) is 27.6. The third kappa shape index (κ3) is 5.35. The van der Waals surface area contributed by atoms with Crippen LogP contribution in [-0.4, -0.2) is 42.3 Å². The van der Waals surface area contributed by atoms with Crippen LogP contribution in [-0.2, 0) is 4.74 Å². The molecule has 26 heavy (non-hydrogen) atoms. The van der Waals surface area contributed by atoms with Gasteiger partial charge in [0.05, 0.1) is 0 Å². The van der Waals surface area contributed by atoms with Gasteiger partial charge in [-0.15, -0.1) is 0 Å². The minimum Gasteiger partial charge on any atom is -0.444 e. The topological polar surface area (TPSA) is 41.6 Å². The Balaban J connectivity index is 1.58. The van der Waals surface area contributed by atoms with E-state index in [9.17, 15) is 4.79 Å². The first-order valence-electron chi connectivity index (χ1n) is 10.4. The van der Waals surface area contributed by atoms with Crippen LogP contribution >= 0.6 is 0 Å². The van der Waals surface area contributed by atoms with E-state index in [1.54, 1.807) is 11.1 Å². The van der Waals surface area contributed by atoms with Gasteiger partial charge in [-0.25, -0.2) is 4.79 Å². The summed E-state index contributed by atoms with van der Waals surface area (Å²) in [5.41, 5.74) is 4.27. The monoisotopic (exact) mass is 360 g/mol. The molecule has 0 saturated carbocycles. The van der Waals surface area contributed by atoms with Gasteiger partial charge in [-0.05, 0) is 83.9 Å². The minimum absolute atomic E-state index is 0.216. The Labute approximate surface area is 159 Å². The second-order valence-electron chi connectivity index (χ2n) is 9.38. The Morgan fingerprint density at radius 1 is 1.23 bits per heavy atom. The number of allylic oxidation sites excluding steroid dienone is 2. The first-order valence-corrected chi connectivity index (χ1v) is 10.4. The van der Waals surface area contributed by atoms with Crippen LogP contribution in [0.4, 0.5) is 4.79 Å². The molecule has 3 aliphatic rings. The SMILES string of the molecule is CC1CC2=C(C=C1CN1CCCCC1)CCC(NC(=O)OC(C)(C)C)C2. The third-order valence-electron chi connectivity index (χ3n) is 5.83. The van der Waals surface area contributed by atoms with Crippen LogP contribution in [0.15, 0.2) is 22.8 Å². The molecule has 1 saturated heterocycles. The Morgan fingerprint density at radius 2 is 1.96 bits per heavy atom. The lowest BCUT2D eigenvalue weighted by molar-refractivity contribution is 0.0500. The van der Waals surface area contributed by atoms with Gasteiger partial charge in [0.2, 0.25) is 0 Å². The Hall–Kier alpha value is -1.29. The lowest BCUT2D eigenvalue weighted by Crippen LogP contribution is -2.41. The molecule has 0 spiro atoms. The summed E-state index contributed by atoms with van der Waals surface area (Å²) in [5, 5.41) is 3.08. The summed E-state index contributed by atoms with van der Waals surface area (Å²) in [5.74, 6) is 0.621. The van der Waals surface area contributed by atoms with Crippen molar-refractivity contribution in [2.75, 3.05) is 19.6 Å². The lowest BCUT2D eigenvalue weighted by Gasteiger charge is -2.35. The number of hydrogen-bond acceptors (Lipinski definition) is 3. The predicted octanol–water partition coefficient (Wildman–Crippen LogP) is 4.81. The van der Waals surface area contributed by atoms with Crippen molar-refractivity contribution in [2.24, 2.45) is 5.92 Å². The van der Waals surface area contributed by atoms with Crippen LogP contribution in [0.1, 0.15) is 72.6 Å². The van der Waals surface area contributed by atoms with Crippen molar-refractivity contribution < 1.29 is 9.53 Å². The summed E-state index contributed by atoms with van der Waals surface area (Å²) in [4.78, 5) is 14.7. The fraction of sp³-hybridized carbons (Fsp3) is 0.773. The van der Waals surface area contributed by atoms with E-state index in [4.69, 9.17) is 4.74 Å². The van der Waals surface area contributed by atoms with Crippen LogP contribution in [0.2, 0.25) is 0 Å². The first kappa shape index (κ1) is 19.5. The second kappa shape index (κ2) is 8.16. The average Bonchev–Trinajstić information content (AvgIpc) is 2.55. The number of hydrogen-bond donors (Lipinski definition) is 1. The maximum absolute atomic E-state index is 12.1. The molecule has 0 radical (unpaired) electrons. The zero-order chi connectivity index (χ0) is 18.7. The molecule has 1 aliphatic heterocycles. The highest BCUT2D eigenvalue weighted by atomic mass is 16.6. The molecule has 0 aromatic heterocycles. The maximum Gasteiger partial charge on any atom is 0.407 e. The summed E-state index contributed by atoms with van der Waals surface area (Å²) < 4.78 is 5.42. The maximum atomic E-state index is 12.1. The largest absolute Gasteiger partial charge is 0.444 e. The molecule has 1 amide bonds. The van der Waals surface area contributed by atoms with Gasteiger partial charge in [0.25, 0.3) is 0 Å². The van der Waals surface area contributed by atoms with Crippen molar-refractivity contribution in [1.29, 1.82) is 0 Å². The molecule has 146 valence electrons. The number of amides is 1. The van der Waals surface area contributed by atoms with E-state index in [0.717, 1.165) is 32.2 Å². The summed E-state index contributed by atoms with van der Waals surface area (Å²) in [6.45, 7) is 11.8. The van der Waals surface area contributed by atoms with Gasteiger partial charge in [0.1, 0.15) is 5.60 Å². The van der Waals surface area contributed by atoms with E-state index in [-0.39, 0.29) is 12.1 Å². The van der Waals surface area contributed by atoms with Crippen molar-refractivity contribution in [3.05, 3.63) is 22.8 Å². The highest BCUT2D eigenvalue weighted by molar-refractivity contribution is 5.68. The number of nitrogens with zero attached hydrogens (tertiary/aromatic N) is 1. The van der Waals surface area contributed by atoms with E-state index in [0.29, 0.717) is 5.92 Å². The van der Waals surface area contributed by atoms with Gasteiger partial charge < -0.3 is 10.1 Å². The number of nitrogens with one attached hydrogen (secondary N) is 1. The molecular weight excluding hydrogens is 324 g/mol. The van der Waals surface area contributed by atoms with Crippen molar-refractivity contribution in [2.45, 2.75) is 84.3 Å². The molecule has 0 aromatic rings. The summed E-state index contributed by atoms with van der Waals surface area (Å²) in [6, 6.07) is 0.216.